The van der Waals surface area contributed by atoms with E-state index in [0.717, 1.165) is 56.5 Å². The summed E-state index contributed by atoms with van der Waals surface area (Å²) in [6.07, 6.45) is 9.47. The summed E-state index contributed by atoms with van der Waals surface area (Å²) in [5.41, 5.74) is 2.38. The van der Waals surface area contributed by atoms with Gasteiger partial charge in [-0.25, -0.2) is 0 Å². The van der Waals surface area contributed by atoms with Crippen LogP contribution in [-0.2, 0) is 16.0 Å². The van der Waals surface area contributed by atoms with Crippen LogP contribution in [0.15, 0.2) is 60.7 Å². The minimum atomic E-state index is 0.0353. The quantitative estimate of drug-likeness (QED) is 0.494. The summed E-state index contributed by atoms with van der Waals surface area (Å²) in [7, 11) is 0. The molecule has 35 heavy (non-hydrogen) atoms. The Hall–Kier alpha value is -3.08. The molecule has 2 saturated heterocycles. The number of carbonyl (C=O) groups excluding carboxylic acids is 2. The van der Waals surface area contributed by atoms with Gasteiger partial charge in [-0.15, -0.1) is 0 Å². The molecule has 0 atom stereocenters. The fourth-order valence-electron chi connectivity index (χ4n) is 5.17. The van der Waals surface area contributed by atoms with Gasteiger partial charge in [-0.2, -0.15) is 0 Å². The average molecular weight is 475 g/mol. The molecule has 0 bridgehead atoms. The van der Waals surface area contributed by atoms with Crippen molar-refractivity contribution in [1.82, 2.24) is 9.80 Å². The van der Waals surface area contributed by atoms with Crippen LogP contribution in [0.1, 0.15) is 50.2 Å². The summed E-state index contributed by atoms with van der Waals surface area (Å²) < 4.78 is 5.52. The van der Waals surface area contributed by atoms with Gasteiger partial charge < -0.3 is 14.5 Å². The zero-order valence-electron chi connectivity index (χ0n) is 20.9. The van der Waals surface area contributed by atoms with Gasteiger partial charge in [0, 0.05) is 38.2 Å². The average Bonchev–Trinajstić information content (AvgIpc) is 2.92. The van der Waals surface area contributed by atoms with Crippen molar-refractivity contribution < 1.29 is 14.3 Å². The molecule has 5 nitrogen and oxygen atoms in total. The van der Waals surface area contributed by atoms with Gasteiger partial charge in [0.25, 0.3) is 0 Å². The van der Waals surface area contributed by atoms with Crippen molar-refractivity contribution in [1.29, 1.82) is 0 Å². The smallest absolute Gasteiger partial charge is 0.246 e. The largest absolute Gasteiger partial charge is 0.494 e. The molecule has 0 unspecified atom stereocenters. The lowest BCUT2D eigenvalue weighted by atomic mass is 9.89. The lowest BCUT2D eigenvalue weighted by Gasteiger charge is -2.37. The standard InChI is InChI=1S/C30H38N2O3/c1-2-35-28-13-10-25(11-14-28)8-9-26-16-20-32(21-17-26)30(34)27-18-22-31(23-19-27)29(33)15-12-24-6-4-3-5-7-24/h3-7,10-15,26-27H,2,8-9,16-23H2,1H3/b15-12+. The highest BCUT2D eigenvalue weighted by Gasteiger charge is 2.31. The van der Waals surface area contributed by atoms with Crippen LogP contribution in [0.3, 0.4) is 0 Å². The first-order valence-electron chi connectivity index (χ1n) is 13.1. The van der Waals surface area contributed by atoms with Crippen LogP contribution in [0.4, 0.5) is 0 Å². The molecule has 2 aromatic carbocycles. The third-order valence-corrected chi connectivity index (χ3v) is 7.38. The highest BCUT2D eigenvalue weighted by molar-refractivity contribution is 5.92. The fraction of sp³-hybridized carbons (Fsp3) is 0.467. The SMILES string of the molecule is CCOc1ccc(CCC2CCN(C(=O)C3CCN(C(=O)/C=C/c4ccccc4)CC3)CC2)cc1. The monoisotopic (exact) mass is 474 g/mol. The van der Waals surface area contributed by atoms with Gasteiger partial charge in [0.05, 0.1) is 6.61 Å². The Morgan fingerprint density at radius 2 is 1.54 bits per heavy atom. The van der Waals surface area contributed by atoms with E-state index in [1.165, 1.54) is 12.0 Å². The molecule has 2 aliphatic rings. The molecule has 0 aliphatic carbocycles. The second kappa shape index (κ2) is 12.6. The van der Waals surface area contributed by atoms with E-state index in [-0.39, 0.29) is 11.8 Å². The first-order chi connectivity index (χ1) is 17.1. The Labute approximate surface area is 209 Å². The summed E-state index contributed by atoms with van der Waals surface area (Å²) in [6, 6.07) is 18.3. The van der Waals surface area contributed by atoms with E-state index in [1.54, 1.807) is 6.08 Å². The van der Waals surface area contributed by atoms with Crippen molar-refractivity contribution >= 4 is 17.9 Å². The molecule has 0 aromatic heterocycles. The number of benzene rings is 2. The van der Waals surface area contributed by atoms with Crippen LogP contribution in [0.5, 0.6) is 5.75 Å². The topological polar surface area (TPSA) is 49.9 Å². The maximum absolute atomic E-state index is 13.1. The molecule has 0 N–H and O–H groups in total. The second-order valence-electron chi connectivity index (χ2n) is 9.73. The van der Waals surface area contributed by atoms with E-state index in [9.17, 15) is 9.59 Å². The highest BCUT2D eigenvalue weighted by Crippen LogP contribution is 2.27. The third-order valence-electron chi connectivity index (χ3n) is 7.38. The lowest BCUT2D eigenvalue weighted by Crippen LogP contribution is -2.46. The Morgan fingerprint density at radius 1 is 0.886 bits per heavy atom. The Balaban J connectivity index is 1.16. The number of ether oxygens (including phenoxy) is 1. The number of hydrogen-bond acceptors (Lipinski definition) is 3. The molecule has 2 aliphatic heterocycles. The summed E-state index contributed by atoms with van der Waals surface area (Å²) in [5.74, 6) is 2.00. The zero-order chi connectivity index (χ0) is 24.5. The van der Waals surface area contributed by atoms with Crippen LogP contribution in [0, 0.1) is 11.8 Å². The van der Waals surface area contributed by atoms with Gasteiger partial charge >= 0.3 is 0 Å². The normalized spacial score (nSPS) is 17.6. The van der Waals surface area contributed by atoms with Crippen LogP contribution >= 0.6 is 0 Å². The van der Waals surface area contributed by atoms with Gasteiger partial charge in [-0.05, 0) is 80.7 Å². The Morgan fingerprint density at radius 3 is 2.20 bits per heavy atom. The van der Waals surface area contributed by atoms with Crippen molar-refractivity contribution in [3.8, 4) is 5.75 Å². The molecule has 0 saturated carbocycles. The first kappa shape index (κ1) is 25.0. The van der Waals surface area contributed by atoms with Gasteiger partial charge in [0.1, 0.15) is 5.75 Å². The summed E-state index contributed by atoms with van der Waals surface area (Å²) in [5, 5.41) is 0. The maximum Gasteiger partial charge on any atom is 0.246 e. The maximum atomic E-state index is 13.1. The molecule has 2 aromatic rings. The molecule has 2 fully saturated rings. The Bertz CT molecular complexity index is 970. The molecule has 186 valence electrons. The first-order valence-corrected chi connectivity index (χ1v) is 13.1. The molecule has 5 heteroatoms. The summed E-state index contributed by atoms with van der Waals surface area (Å²) in [4.78, 5) is 29.6. The predicted molar refractivity (Wildman–Crippen MR) is 140 cm³/mol. The van der Waals surface area contributed by atoms with Crippen LogP contribution < -0.4 is 4.74 Å². The van der Waals surface area contributed by atoms with Crippen molar-refractivity contribution in [2.45, 2.75) is 45.4 Å². The molecule has 2 amide bonds. The van der Waals surface area contributed by atoms with Gasteiger partial charge in [-0.3, -0.25) is 9.59 Å². The van der Waals surface area contributed by atoms with Gasteiger partial charge in [-0.1, -0.05) is 42.5 Å². The van der Waals surface area contributed by atoms with Crippen LogP contribution in [-0.4, -0.2) is 54.4 Å². The van der Waals surface area contributed by atoms with E-state index < -0.39 is 0 Å². The van der Waals surface area contributed by atoms with E-state index in [0.29, 0.717) is 31.5 Å². The van der Waals surface area contributed by atoms with Crippen molar-refractivity contribution in [3.05, 3.63) is 71.8 Å². The van der Waals surface area contributed by atoms with Crippen molar-refractivity contribution in [3.63, 3.8) is 0 Å². The van der Waals surface area contributed by atoms with Gasteiger partial charge in [0.15, 0.2) is 0 Å². The van der Waals surface area contributed by atoms with Crippen LogP contribution in [0.25, 0.3) is 6.08 Å². The molecule has 4 rings (SSSR count). The lowest BCUT2D eigenvalue weighted by molar-refractivity contribution is -0.140. The molecule has 0 radical (unpaired) electrons. The molecular formula is C30H38N2O3. The van der Waals surface area contributed by atoms with Crippen molar-refractivity contribution in [2.24, 2.45) is 11.8 Å². The number of rotatable bonds is 8. The fourth-order valence-corrected chi connectivity index (χ4v) is 5.17. The van der Waals surface area contributed by atoms with E-state index in [2.05, 4.69) is 29.2 Å². The second-order valence-corrected chi connectivity index (χ2v) is 9.73. The van der Waals surface area contributed by atoms with E-state index in [4.69, 9.17) is 4.74 Å². The zero-order valence-corrected chi connectivity index (χ0v) is 20.9. The number of carbonyl (C=O) groups is 2. The van der Waals surface area contributed by atoms with Gasteiger partial charge in [0.2, 0.25) is 11.8 Å². The summed E-state index contributed by atoms with van der Waals surface area (Å²) in [6.45, 7) is 5.75. The number of piperidine rings is 2. The third kappa shape index (κ3) is 7.20. The Kier molecular flexibility index (Phi) is 8.99. The van der Waals surface area contributed by atoms with E-state index in [1.807, 2.05) is 48.2 Å². The van der Waals surface area contributed by atoms with E-state index >= 15 is 0 Å². The molecule has 0 spiro atoms. The number of aryl methyl sites for hydroxylation is 1. The minimum absolute atomic E-state index is 0.0353. The summed E-state index contributed by atoms with van der Waals surface area (Å²) >= 11 is 0. The predicted octanol–water partition coefficient (Wildman–Crippen LogP) is 5.21. The number of hydrogen-bond donors (Lipinski definition) is 0. The molecular weight excluding hydrogens is 436 g/mol. The number of nitrogens with zero attached hydrogens (tertiary/aromatic N) is 2. The molecule has 2 heterocycles. The highest BCUT2D eigenvalue weighted by atomic mass is 16.5. The number of amides is 2. The number of likely N-dealkylation sites (tertiary alicyclic amines) is 2. The minimum Gasteiger partial charge on any atom is -0.494 e. The van der Waals surface area contributed by atoms with Crippen molar-refractivity contribution in [2.75, 3.05) is 32.8 Å². The van der Waals surface area contributed by atoms with Crippen LogP contribution in [0.2, 0.25) is 0 Å².